The van der Waals surface area contributed by atoms with E-state index in [1.54, 1.807) is 15.9 Å². The van der Waals surface area contributed by atoms with Crippen molar-refractivity contribution in [3.05, 3.63) is 60.9 Å². The molecule has 0 atom stereocenters. The molecule has 0 aliphatic heterocycles. The molecule has 3 rings (SSSR count). The number of fused-ring (bicyclic) bond motifs is 1. The van der Waals surface area contributed by atoms with Gasteiger partial charge in [0.05, 0.1) is 11.9 Å². The van der Waals surface area contributed by atoms with Gasteiger partial charge in [0.25, 0.3) is 5.56 Å². The maximum atomic E-state index is 12.5. The Morgan fingerprint density at radius 1 is 1.35 bits per heavy atom. The number of halogens is 1. The highest BCUT2D eigenvalue weighted by Crippen LogP contribution is 2.20. The molecule has 2 heterocycles. The molecule has 0 bridgehead atoms. The van der Waals surface area contributed by atoms with Gasteiger partial charge >= 0.3 is 0 Å². The molecule has 0 radical (unpaired) electrons. The van der Waals surface area contributed by atoms with E-state index >= 15 is 0 Å². The summed E-state index contributed by atoms with van der Waals surface area (Å²) >= 11 is 12.7. The Kier molecular flexibility index (Phi) is 3.50. The van der Waals surface area contributed by atoms with E-state index < -0.39 is 0 Å². The molecule has 0 unspecified atom stereocenters. The third kappa shape index (κ3) is 2.44. The summed E-state index contributed by atoms with van der Waals surface area (Å²) in [5.41, 5.74) is 0.936. The first-order valence-corrected chi connectivity index (χ1v) is 7.62. The number of aromatic nitrogens is 2. The second kappa shape index (κ2) is 5.16. The minimum atomic E-state index is -0.0527. The SMILES string of the molecule is Cc1cc2c(=O)n(Cc3ccc(Cl)cc3)c(=S)[nH]c2s1. The number of hydrogen-bond donors (Lipinski definition) is 1. The Morgan fingerprint density at radius 3 is 2.75 bits per heavy atom. The van der Waals surface area contributed by atoms with Crippen molar-refractivity contribution in [2.45, 2.75) is 13.5 Å². The van der Waals surface area contributed by atoms with Crippen LogP contribution in [0.1, 0.15) is 10.4 Å². The van der Waals surface area contributed by atoms with Crippen LogP contribution in [0.5, 0.6) is 0 Å². The molecule has 0 saturated carbocycles. The van der Waals surface area contributed by atoms with Crippen molar-refractivity contribution in [3.8, 4) is 0 Å². The van der Waals surface area contributed by atoms with Crippen LogP contribution in [0.3, 0.4) is 0 Å². The molecule has 102 valence electrons. The average molecular weight is 323 g/mol. The second-order valence-corrected chi connectivity index (χ2v) is 6.63. The lowest BCUT2D eigenvalue weighted by Crippen LogP contribution is -2.22. The lowest BCUT2D eigenvalue weighted by Gasteiger charge is -2.06. The summed E-state index contributed by atoms with van der Waals surface area (Å²) in [6.07, 6.45) is 0. The van der Waals surface area contributed by atoms with Gasteiger partial charge in [0.1, 0.15) is 4.83 Å². The zero-order chi connectivity index (χ0) is 14.3. The fourth-order valence-electron chi connectivity index (χ4n) is 2.08. The van der Waals surface area contributed by atoms with E-state index in [1.165, 1.54) is 0 Å². The molecule has 2 aromatic heterocycles. The van der Waals surface area contributed by atoms with Crippen molar-refractivity contribution in [2.24, 2.45) is 0 Å². The van der Waals surface area contributed by atoms with Crippen molar-refractivity contribution >= 4 is 45.4 Å². The Morgan fingerprint density at radius 2 is 2.05 bits per heavy atom. The quantitative estimate of drug-likeness (QED) is 0.720. The summed E-state index contributed by atoms with van der Waals surface area (Å²) in [6, 6.07) is 9.30. The first-order valence-electron chi connectivity index (χ1n) is 6.02. The highest BCUT2D eigenvalue weighted by molar-refractivity contribution is 7.71. The van der Waals surface area contributed by atoms with Gasteiger partial charge in [-0.3, -0.25) is 9.36 Å². The van der Waals surface area contributed by atoms with Gasteiger partial charge in [0.15, 0.2) is 4.77 Å². The van der Waals surface area contributed by atoms with Gasteiger partial charge in [-0.05, 0) is 42.9 Å². The predicted molar refractivity (Wildman–Crippen MR) is 86.6 cm³/mol. The third-order valence-corrected chi connectivity index (χ3v) is 4.59. The van der Waals surface area contributed by atoms with Gasteiger partial charge < -0.3 is 4.98 Å². The molecule has 0 saturated heterocycles. The lowest BCUT2D eigenvalue weighted by molar-refractivity contribution is 0.735. The summed E-state index contributed by atoms with van der Waals surface area (Å²) in [7, 11) is 0. The van der Waals surface area contributed by atoms with Crippen LogP contribution < -0.4 is 5.56 Å². The molecule has 0 fully saturated rings. The van der Waals surface area contributed by atoms with Gasteiger partial charge in [-0.1, -0.05) is 23.7 Å². The Balaban J connectivity index is 2.13. The minimum Gasteiger partial charge on any atom is -0.323 e. The number of rotatable bonds is 2. The van der Waals surface area contributed by atoms with E-state index in [1.807, 2.05) is 37.3 Å². The third-order valence-electron chi connectivity index (χ3n) is 3.05. The summed E-state index contributed by atoms with van der Waals surface area (Å²) < 4.78 is 2.02. The highest BCUT2D eigenvalue weighted by atomic mass is 35.5. The zero-order valence-corrected chi connectivity index (χ0v) is 13.0. The van der Waals surface area contributed by atoms with Gasteiger partial charge in [-0.15, -0.1) is 11.3 Å². The van der Waals surface area contributed by atoms with Crippen LogP contribution in [0.4, 0.5) is 0 Å². The predicted octanol–water partition coefficient (Wildman–Crippen LogP) is 4.13. The van der Waals surface area contributed by atoms with Crippen molar-refractivity contribution in [1.29, 1.82) is 0 Å². The van der Waals surface area contributed by atoms with Crippen LogP contribution in [0.25, 0.3) is 10.2 Å². The van der Waals surface area contributed by atoms with Crippen LogP contribution >= 0.6 is 35.2 Å². The molecule has 0 aliphatic carbocycles. The fourth-order valence-corrected chi connectivity index (χ4v) is 3.43. The molecule has 3 nitrogen and oxygen atoms in total. The number of aromatic amines is 1. The van der Waals surface area contributed by atoms with E-state index in [9.17, 15) is 4.79 Å². The monoisotopic (exact) mass is 322 g/mol. The minimum absolute atomic E-state index is 0.0527. The number of thiophene rings is 1. The van der Waals surface area contributed by atoms with E-state index in [2.05, 4.69) is 4.98 Å². The molecular formula is C14H11ClN2OS2. The number of benzene rings is 1. The zero-order valence-electron chi connectivity index (χ0n) is 10.6. The molecule has 1 aromatic carbocycles. The maximum Gasteiger partial charge on any atom is 0.263 e. The summed E-state index contributed by atoms with van der Waals surface area (Å²) in [6.45, 7) is 2.42. The molecule has 0 spiro atoms. The maximum absolute atomic E-state index is 12.5. The number of H-pyrrole nitrogens is 1. The van der Waals surface area contributed by atoms with E-state index in [4.69, 9.17) is 23.8 Å². The lowest BCUT2D eigenvalue weighted by atomic mass is 10.2. The number of nitrogens with zero attached hydrogens (tertiary/aromatic N) is 1. The topological polar surface area (TPSA) is 37.8 Å². The normalized spacial score (nSPS) is 11.1. The summed E-state index contributed by atoms with van der Waals surface area (Å²) in [4.78, 5) is 17.5. The van der Waals surface area contributed by atoms with Gasteiger partial charge in [-0.25, -0.2) is 0 Å². The first kappa shape index (κ1) is 13.5. The van der Waals surface area contributed by atoms with Crippen molar-refractivity contribution in [1.82, 2.24) is 9.55 Å². The van der Waals surface area contributed by atoms with Gasteiger partial charge in [0.2, 0.25) is 0 Å². The summed E-state index contributed by atoms with van der Waals surface area (Å²) in [5, 5.41) is 1.37. The van der Waals surface area contributed by atoms with Gasteiger partial charge in [-0.2, -0.15) is 0 Å². The first-order chi connectivity index (χ1) is 9.54. The van der Waals surface area contributed by atoms with Crippen molar-refractivity contribution in [3.63, 3.8) is 0 Å². The molecule has 3 aromatic rings. The second-order valence-electron chi connectivity index (χ2n) is 4.55. The van der Waals surface area contributed by atoms with Crippen LogP contribution in [0.2, 0.25) is 5.02 Å². The fraction of sp³-hybridized carbons (Fsp3) is 0.143. The molecule has 20 heavy (non-hydrogen) atoms. The highest BCUT2D eigenvalue weighted by Gasteiger charge is 2.08. The van der Waals surface area contributed by atoms with Crippen LogP contribution in [-0.4, -0.2) is 9.55 Å². The Hall–Kier alpha value is -1.43. The van der Waals surface area contributed by atoms with Gasteiger partial charge in [0, 0.05) is 9.90 Å². The van der Waals surface area contributed by atoms with Crippen LogP contribution in [0, 0.1) is 11.7 Å². The Labute approximate surface area is 129 Å². The Bertz CT molecular complexity index is 890. The van der Waals surface area contributed by atoms with Crippen LogP contribution in [-0.2, 0) is 6.54 Å². The molecule has 1 N–H and O–H groups in total. The largest absolute Gasteiger partial charge is 0.323 e. The van der Waals surface area contributed by atoms with E-state index in [0.717, 1.165) is 15.3 Å². The standard InChI is InChI=1S/C14H11ClN2OS2/c1-8-6-11-12(20-8)16-14(19)17(13(11)18)7-9-2-4-10(15)5-3-9/h2-6H,7H2,1H3,(H,16,19). The molecular weight excluding hydrogens is 312 g/mol. The van der Waals surface area contributed by atoms with E-state index in [-0.39, 0.29) is 5.56 Å². The van der Waals surface area contributed by atoms with Crippen molar-refractivity contribution in [2.75, 3.05) is 0 Å². The average Bonchev–Trinajstić information content (AvgIpc) is 2.77. The smallest absolute Gasteiger partial charge is 0.263 e. The van der Waals surface area contributed by atoms with E-state index in [0.29, 0.717) is 21.7 Å². The molecule has 0 amide bonds. The summed E-state index contributed by atoms with van der Waals surface area (Å²) in [5.74, 6) is 0. The van der Waals surface area contributed by atoms with Crippen molar-refractivity contribution < 1.29 is 0 Å². The number of nitrogens with one attached hydrogen (secondary N) is 1. The number of hydrogen-bond acceptors (Lipinski definition) is 3. The molecule has 6 heteroatoms. The van der Waals surface area contributed by atoms with Crippen LogP contribution in [0.15, 0.2) is 35.1 Å². The molecule has 0 aliphatic rings. The number of aryl methyl sites for hydroxylation is 1.